The number of carbonyl (C=O) groups is 1. The minimum atomic E-state index is -5.06. The molecule has 1 aliphatic rings. The zero-order chi connectivity index (χ0) is 35.5. The molecule has 1 fully saturated rings. The molecule has 6 atom stereocenters. The van der Waals surface area contributed by atoms with E-state index in [0.717, 1.165) is 64.2 Å². The lowest BCUT2D eigenvalue weighted by molar-refractivity contribution is -0.301. The Kier molecular flexibility index (Phi) is 25.6. The lowest BCUT2D eigenvalue weighted by Gasteiger charge is -2.41. The van der Waals surface area contributed by atoms with Gasteiger partial charge in [-0.05, 0) is 51.4 Å². The third-order valence-corrected chi connectivity index (χ3v) is 7.93. The Balaban J connectivity index is 2.55. The number of ether oxygens (including phenoxy) is 4. The molecule has 1 rings (SSSR count). The molecule has 0 amide bonds. The van der Waals surface area contributed by atoms with Crippen LogP contribution in [-0.4, -0.2) is 97.5 Å². The van der Waals surface area contributed by atoms with E-state index in [1.807, 2.05) is 0 Å². The van der Waals surface area contributed by atoms with Gasteiger partial charge in [0, 0.05) is 13.0 Å². The molecule has 13 heteroatoms. The van der Waals surface area contributed by atoms with E-state index in [2.05, 4.69) is 66.6 Å². The van der Waals surface area contributed by atoms with Crippen LogP contribution in [0.1, 0.15) is 104 Å². The van der Waals surface area contributed by atoms with Gasteiger partial charge in [-0.15, -0.1) is 0 Å². The molecule has 0 aromatic heterocycles. The van der Waals surface area contributed by atoms with Crippen molar-refractivity contribution in [3.05, 3.63) is 48.6 Å². The van der Waals surface area contributed by atoms with Crippen LogP contribution in [0.4, 0.5) is 0 Å². The van der Waals surface area contributed by atoms with Gasteiger partial charge in [-0.25, -0.2) is 4.18 Å². The quantitative estimate of drug-likeness (QED) is 0.0359. The van der Waals surface area contributed by atoms with Crippen LogP contribution >= 0.6 is 0 Å². The van der Waals surface area contributed by atoms with Crippen LogP contribution in [0.25, 0.3) is 0 Å². The highest BCUT2D eigenvalue weighted by Gasteiger charge is 2.48. The smallest absolute Gasteiger partial charge is 0.397 e. The molecule has 0 spiro atoms. The van der Waals surface area contributed by atoms with Gasteiger partial charge in [0.1, 0.15) is 30.5 Å². The number of esters is 1. The van der Waals surface area contributed by atoms with Gasteiger partial charge in [-0.1, -0.05) is 94.6 Å². The van der Waals surface area contributed by atoms with Crippen LogP contribution in [0.2, 0.25) is 0 Å². The molecule has 6 unspecified atom stereocenters. The van der Waals surface area contributed by atoms with Gasteiger partial charge in [0.05, 0.1) is 19.8 Å². The van der Waals surface area contributed by atoms with Gasteiger partial charge in [0.15, 0.2) is 6.29 Å². The summed E-state index contributed by atoms with van der Waals surface area (Å²) in [4.78, 5) is 12.7. The minimum Gasteiger partial charge on any atom is -0.457 e. The number of rotatable bonds is 28. The molecule has 0 bridgehead atoms. The molecule has 4 N–H and O–H groups in total. The van der Waals surface area contributed by atoms with E-state index in [-0.39, 0.29) is 19.6 Å². The molecule has 12 nitrogen and oxygen atoms in total. The molecule has 1 saturated heterocycles. The van der Waals surface area contributed by atoms with Gasteiger partial charge in [-0.3, -0.25) is 9.35 Å². The lowest BCUT2D eigenvalue weighted by atomic mass is 9.99. The van der Waals surface area contributed by atoms with Crippen LogP contribution in [0.15, 0.2) is 48.6 Å². The summed E-state index contributed by atoms with van der Waals surface area (Å²) >= 11 is 0. The second-order valence-electron chi connectivity index (χ2n) is 11.7. The van der Waals surface area contributed by atoms with Crippen molar-refractivity contribution in [3.8, 4) is 0 Å². The first-order valence-electron chi connectivity index (χ1n) is 17.4. The van der Waals surface area contributed by atoms with Crippen LogP contribution in [0.5, 0.6) is 0 Å². The lowest BCUT2D eigenvalue weighted by Crippen LogP contribution is -2.60. The fraction of sp³-hybridized carbons (Fsp3) is 0.743. The summed E-state index contributed by atoms with van der Waals surface area (Å²) < 4.78 is 58.4. The third kappa shape index (κ3) is 21.9. The van der Waals surface area contributed by atoms with Gasteiger partial charge >= 0.3 is 16.4 Å². The average Bonchev–Trinajstić information content (AvgIpc) is 3.05. The second-order valence-corrected chi connectivity index (χ2v) is 12.8. The molecule has 1 heterocycles. The summed E-state index contributed by atoms with van der Waals surface area (Å²) in [5.41, 5.74) is 0. The molecular weight excluding hydrogens is 644 g/mol. The Bertz CT molecular complexity index is 1040. The van der Waals surface area contributed by atoms with Crippen molar-refractivity contribution in [2.24, 2.45) is 0 Å². The monoisotopic (exact) mass is 704 g/mol. The van der Waals surface area contributed by atoms with E-state index in [1.54, 1.807) is 0 Å². The number of unbranched alkanes of at least 4 members (excludes halogenated alkanes) is 7. The number of aliphatic hydroxyl groups excluding tert-OH is 3. The normalized spacial score (nSPS) is 22.8. The number of allylic oxidation sites excluding steroid dienone is 8. The number of aliphatic hydroxyl groups is 3. The zero-order valence-corrected chi connectivity index (χ0v) is 29.6. The Morgan fingerprint density at radius 2 is 1.44 bits per heavy atom. The number of carbonyl (C=O) groups excluding carboxylic acids is 1. The van der Waals surface area contributed by atoms with Crippen molar-refractivity contribution in [1.82, 2.24) is 0 Å². The first kappa shape index (κ1) is 44.1. The standard InChI is InChI=1S/C35H60O12S/c1-3-5-7-9-11-12-13-14-15-16-17-18-19-20-22-24-31(37)45-29(27-43-25-23-21-10-8-6-4-2)28-44-35-33(39)34(47-48(40,41)42)32(38)30(26-36)46-35/h5,7,11-12,14-15,17-18,29-30,32-36,38-39H,3-4,6,8-10,13,16,19-28H2,1-2H3,(H,40,41,42)/b7-5-,12-11-,15-14-,18-17-. The summed E-state index contributed by atoms with van der Waals surface area (Å²) in [7, 11) is -5.06. The number of hydrogen-bond acceptors (Lipinski definition) is 11. The number of hydrogen-bond donors (Lipinski definition) is 4. The maximum atomic E-state index is 12.7. The van der Waals surface area contributed by atoms with Crippen LogP contribution in [-0.2, 0) is 38.3 Å². The SMILES string of the molecule is CC/C=C\C/C=C\C/C=C\C/C=C\CCCCC(=O)OC(COCCCCCCCC)COC1OC(CO)C(O)C(OS(=O)(=O)O)C1O. The zero-order valence-electron chi connectivity index (χ0n) is 28.8. The van der Waals surface area contributed by atoms with E-state index in [9.17, 15) is 28.5 Å². The predicted octanol–water partition coefficient (Wildman–Crippen LogP) is 5.28. The largest absolute Gasteiger partial charge is 0.457 e. The van der Waals surface area contributed by atoms with E-state index < -0.39 is 59.8 Å². The Labute approximate surface area is 287 Å². The van der Waals surface area contributed by atoms with Gasteiger partial charge in [0.2, 0.25) is 0 Å². The molecular formula is C35H60O12S. The summed E-state index contributed by atoms with van der Waals surface area (Å²) in [5, 5.41) is 30.4. The fourth-order valence-electron chi connectivity index (χ4n) is 4.84. The maximum absolute atomic E-state index is 12.7. The predicted molar refractivity (Wildman–Crippen MR) is 183 cm³/mol. The average molecular weight is 705 g/mol. The van der Waals surface area contributed by atoms with Crippen molar-refractivity contribution >= 4 is 16.4 Å². The molecule has 48 heavy (non-hydrogen) atoms. The van der Waals surface area contributed by atoms with Crippen LogP contribution in [0, 0.1) is 0 Å². The first-order valence-corrected chi connectivity index (χ1v) is 18.8. The molecule has 0 aromatic carbocycles. The summed E-state index contributed by atoms with van der Waals surface area (Å²) in [6, 6.07) is 0. The highest BCUT2D eigenvalue weighted by molar-refractivity contribution is 7.80. The first-order chi connectivity index (χ1) is 23.1. The van der Waals surface area contributed by atoms with Crippen molar-refractivity contribution < 1.29 is 56.2 Å². The third-order valence-electron chi connectivity index (χ3n) is 7.47. The van der Waals surface area contributed by atoms with E-state index in [1.165, 1.54) is 12.8 Å². The van der Waals surface area contributed by atoms with Crippen LogP contribution < -0.4 is 0 Å². The van der Waals surface area contributed by atoms with E-state index in [0.29, 0.717) is 13.0 Å². The van der Waals surface area contributed by atoms with Crippen molar-refractivity contribution in [2.75, 3.05) is 26.4 Å². The topological polar surface area (TPSA) is 178 Å². The van der Waals surface area contributed by atoms with Gasteiger partial charge in [-0.2, -0.15) is 8.42 Å². The second kappa shape index (κ2) is 27.8. The fourth-order valence-corrected chi connectivity index (χ4v) is 5.34. The molecule has 0 saturated carbocycles. The Morgan fingerprint density at radius 1 is 0.812 bits per heavy atom. The summed E-state index contributed by atoms with van der Waals surface area (Å²) in [5.74, 6) is -0.446. The van der Waals surface area contributed by atoms with E-state index >= 15 is 0 Å². The van der Waals surface area contributed by atoms with Crippen LogP contribution in [0.3, 0.4) is 0 Å². The van der Waals surface area contributed by atoms with Crippen molar-refractivity contribution in [1.29, 1.82) is 0 Å². The molecule has 278 valence electrons. The Morgan fingerprint density at radius 3 is 2.06 bits per heavy atom. The van der Waals surface area contributed by atoms with Crippen molar-refractivity contribution in [2.45, 2.75) is 141 Å². The summed E-state index contributed by atoms with van der Waals surface area (Å²) in [6.45, 7) is 3.71. The van der Waals surface area contributed by atoms with Gasteiger partial charge in [0.25, 0.3) is 0 Å². The molecule has 0 aromatic rings. The maximum Gasteiger partial charge on any atom is 0.397 e. The summed E-state index contributed by atoms with van der Waals surface area (Å²) in [6.07, 6.45) is 20.5. The van der Waals surface area contributed by atoms with Crippen molar-refractivity contribution in [3.63, 3.8) is 0 Å². The highest BCUT2D eigenvalue weighted by atomic mass is 32.3. The highest BCUT2D eigenvalue weighted by Crippen LogP contribution is 2.26. The molecule has 0 aliphatic carbocycles. The van der Waals surface area contributed by atoms with Gasteiger partial charge < -0.3 is 34.3 Å². The Hall–Kier alpha value is -1.94. The molecule has 0 radical (unpaired) electrons. The minimum absolute atomic E-state index is 0.0163. The molecule has 1 aliphatic heterocycles. The van der Waals surface area contributed by atoms with E-state index in [4.69, 9.17) is 23.5 Å².